The molecule has 4 heteroatoms. The van der Waals surface area contributed by atoms with Crippen molar-refractivity contribution in [2.75, 3.05) is 11.9 Å². The second kappa shape index (κ2) is 5.80. The zero-order chi connectivity index (χ0) is 12.1. The van der Waals surface area contributed by atoms with Gasteiger partial charge < -0.3 is 5.32 Å². The zero-order valence-electron chi connectivity index (χ0n) is 9.46. The van der Waals surface area contributed by atoms with Gasteiger partial charge in [0.05, 0.1) is 5.69 Å². The van der Waals surface area contributed by atoms with Crippen LogP contribution in [0, 0.1) is 0 Å². The standard InChI is InChI=1S/C12H15BrN2O/c1-8(2)9-4-5-11(10(13)6-9)15-12(16)7-14-3/h4-6,8H,3,7H2,1-2H3,(H,15,16). The minimum atomic E-state index is -0.159. The molecule has 1 aromatic carbocycles. The van der Waals surface area contributed by atoms with Gasteiger partial charge in [-0.1, -0.05) is 19.9 Å². The predicted octanol–water partition coefficient (Wildman–Crippen LogP) is 3.21. The lowest BCUT2D eigenvalue weighted by Crippen LogP contribution is -2.14. The van der Waals surface area contributed by atoms with Gasteiger partial charge in [0.15, 0.2) is 0 Å². The predicted molar refractivity (Wildman–Crippen MR) is 71.3 cm³/mol. The molecule has 1 aromatic rings. The number of anilines is 1. The number of hydrogen-bond acceptors (Lipinski definition) is 2. The third kappa shape index (κ3) is 3.45. The summed E-state index contributed by atoms with van der Waals surface area (Å²) >= 11 is 3.43. The first kappa shape index (κ1) is 12.9. The van der Waals surface area contributed by atoms with Crippen molar-refractivity contribution in [2.24, 2.45) is 4.99 Å². The summed E-state index contributed by atoms with van der Waals surface area (Å²) in [7, 11) is 0. The summed E-state index contributed by atoms with van der Waals surface area (Å²) in [6.07, 6.45) is 0. The van der Waals surface area contributed by atoms with Gasteiger partial charge in [0.2, 0.25) is 5.91 Å². The number of amides is 1. The third-order valence-electron chi connectivity index (χ3n) is 2.19. The number of hydrogen-bond donors (Lipinski definition) is 1. The molecule has 0 saturated carbocycles. The second-order valence-electron chi connectivity index (χ2n) is 3.82. The van der Waals surface area contributed by atoms with Gasteiger partial charge >= 0.3 is 0 Å². The number of benzene rings is 1. The van der Waals surface area contributed by atoms with Crippen LogP contribution in [-0.4, -0.2) is 19.2 Å². The van der Waals surface area contributed by atoms with E-state index < -0.39 is 0 Å². The van der Waals surface area contributed by atoms with Gasteiger partial charge in [-0.05, 0) is 46.3 Å². The zero-order valence-corrected chi connectivity index (χ0v) is 11.0. The molecule has 1 amide bonds. The van der Waals surface area contributed by atoms with Gasteiger partial charge in [-0.2, -0.15) is 0 Å². The minimum absolute atomic E-state index is 0.0817. The van der Waals surface area contributed by atoms with E-state index in [0.717, 1.165) is 10.2 Å². The van der Waals surface area contributed by atoms with Crippen molar-refractivity contribution >= 4 is 34.2 Å². The summed E-state index contributed by atoms with van der Waals surface area (Å²) in [5.41, 5.74) is 1.99. The Morgan fingerprint density at radius 1 is 1.56 bits per heavy atom. The Hall–Kier alpha value is -1.16. The molecule has 0 aliphatic heterocycles. The van der Waals surface area contributed by atoms with Crippen molar-refractivity contribution in [1.82, 2.24) is 0 Å². The molecule has 1 N–H and O–H groups in total. The molecule has 0 aliphatic carbocycles. The summed E-state index contributed by atoms with van der Waals surface area (Å²) in [5.74, 6) is 0.309. The lowest BCUT2D eigenvalue weighted by Gasteiger charge is -2.10. The molecule has 0 unspecified atom stereocenters. The van der Waals surface area contributed by atoms with E-state index in [9.17, 15) is 4.79 Å². The summed E-state index contributed by atoms with van der Waals surface area (Å²) < 4.78 is 0.885. The Bertz CT molecular complexity index is 402. The molecule has 0 heterocycles. The molecule has 0 aliphatic rings. The van der Waals surface area contributed by atoms with E-state index in [4.69, 9.17) is 0 Å². The lowest BCUT2D eigenvalue weighted by molar-refractivity contribution is -0.114. The van der Waals surface area contributed by atoms with Crippen LogP contribution in [0.25, 0.3) is 0 Å². The Balaban J connectivity index is 2.83. The summed E-state index contributed by atoms with van der Waals surface area (Å²) in [5, 5.41) is 2.76. The number of halogens is 1. The van der Waals surface area contributed by atoms with Crippen molar-refractivity contribution in [3.05, 3.63) is 28.2 Å². The Morgan fingerprint density at radius 2 is 2.25 bits per heavy atom. The summed E-state index contributed by atoms with van der Waals surface area (Å²) in [6.45, 7) is 7.61. The van der Waals surface area contributed by atoms with Gasteiger partial charge in [-0.3, -0.25) is 9.79 Å². The molecular formula is C12H15BrN2O. The molecule has 0 bridgehead atoms. The van der Waals surface area contributed by atoms with Gasteiger partial charge in [-0.25, -0.2) is 0 Å². The van der Waals surface area contributed by atoms with E-state index in [-0.39, 0.29) is 12.5 Å². The SMILES string of the molecule is C=NCC(=O)Nc1ccc(C(C)C)cc1Br. The highest BCUT2D eigenvalue weighted by Crippen LogP contribution is 2.26. The van der Waals surface area contributed by atoms with Crippen LogP contribution in [0.5, 0.6) is 0 Å². The maximum Gasteiger partial charge on any atom is 0.246 e. The highest BCUT2D eigenvalue weighted by Gasteiger charge is 2.06. The molecule has 0 atom stereocenters. The van der Waals surface area contributed by atoms with E-state index >= 15 is 0 Å². The molecule has 0 spiro atoms. The highest BCUT2D eigenvalue weighted by atomic mass is 79.9. The monoisotopic (exact) mass is 282 g/mol. The minimum Gasteiger partial charge on any atom is -0.323 e. The first-order valence-corrected chi connectivity index (χ1v) is 5.85. The smallest absolute Gasteiger partial charge is 0.246 e. The normalized spacial score (nSPS) is 10.2. The van der Waals surface area contributed by atoms with Crippen LogP contribution in [-0.2, 0) is 4.79 Å². The summed E-state index contributed by atoms with van der Waals surface area (Å²) in [4.78, 5) is 14.8. The van der Waals surface area contributed by atoms with Crippen LogP contribution < -0.4 is 5.32 Å². The fourth-order valence-corrected chi connectivity index (χ4v) is 1.78. The number of rotatable bonds is 4. The Morgan fingerprint density at radius 3 is 2.75 bits per heavy atom. The maximum absolute atomic E-state index is 11.3. The maximum atomic E-state index is 11.3. The van der Waals surface area contributed by atoms with Crippen LogP contribution in [0.15, 0.2) is 27.7 Å². The molecule has 1 rings (SSSR count). The Labute approximate surface area is 104 Å². The lowest BCUT2D eigenvalue weighted by atomic mass is 10.0. The van der Waals surface area contributed by atoms with Crippen LogP contribution in [0.4, 0.5) is 5.69 Å². The van der Waals surface area contributed by atoms with E-state index in [1.165, 1.54) is 5.56 Å². The fourth-order valence-electron chi connectivity index (χ4n) is 1.28. The first-order valence-electron chi connectivity index (χ1n) is 5.06. The van der Waals surface area contributed by atoms with Gasteiger partial charge in [-0.15, -0.1) is 0 Å². The van der Waals surface area contributed by atoms with Gasteiger partial charge in [0, 0.05) is 4.47 Å². The third-order valence-corrected chi connectivity index (χ3v) is 2.85. The van der Waals surface area contributed by atoms with E-state index in [0.29, 0.717) is 5.92 Å². The average Bonchev–Trinajstić information content (AvgIpc) is 2.21. The topological polar surface area (TPSA) is 41.5 Å². The van der Waals surface area contributed by atoms with Crippen LogP contribution in [0.2, 0.25) is 0 Å². The summed E-state index contributed by atoms with van der Waals surface area (Å²) in [6, 6.07) is 5.91. The highest BCUT2D eigenvalue weighted by molar-refractivity contribution is 9.10. The quantitative estimate of drug-likeness (QED) is 0.847. The number of nitrogens with zero attached hydrogens (tertiary/aromatic N) is 1. The van der Waals surface area contributed by atoms with Crippen LogP contribution in [0.1, 0.15) is 25.3 Å². The van der Waals surface area contributed by atoms with Gasteiger partial charge in [0.1, 0.15) is 6.54 Å². The number of carbonyl (C=O) groups is 1. The van der Waals surface area contributed by atoms with Crippen molar-refractivity contribution < 1.29 is 4.79 Å². The fraction of sp³-hybridized carbons (Fsp3) is 0.333. The molecule has 0 saturated heterocycles. The molecule has 0 radical (unpaired) electrons. The van der Waals surface area contributed by atoms with E-state index in [2.05, 4.69) is 46.8 Å². The molecule has 86 valence electrons. The molecule has 0 aromatic heterocycles. The molecule has 0 fully saturated rings. The Kier molecular flexibility index (Phi) is 4.68. The first-order chi connectivity index (χ1) is 7.54. The number of aliphatic imine (C=N–C) groups is 1. The molecular weight excluding hydrogens is 268 g/mol. The van der Waals surface area contributed by atoms with Crippen molar-refractivity contribution in [1.29, 1.82) is 0 Å². The number of carbonyl (C=O) groups excluding carboxylic acids is 1. The van der Waals surface area contributed by atoms with Crippen molar-refractivity contribution in [3.8, 4) is 0 Å². The van der Waals surface area contributed by atoms with Crippen molar-refractivity contribution in [3.63, 3.8) is 0 Å². The second-order valence-corrected chi connectivity index (χ2v) is 4.68. The van der Waals surface area contributed by atoms with E-state index in [1.807, 2.05) is 18.2 Å². The average molecular weight is 283 g/mol. The van der Waals surface area contributed by atoms with E-state index in [1.54, 1.807) is 0 Å². The van der Waals surface area contributed by atoms with Crippen molar-refractivity contribution in [2.45, 2.75) is 19.8 Å². The van der Waals surface area contributed by atoms with Crippen LogP contribution >= 0.6 is 15.9 Å². The van der Waals surface area contributed by atoms with Crippen LogP contribution in [0.3, 0.4) is 0 Å². The molecule has 16 heavy (non-hydrogen) atoms. The molecule has 3 nitrogen and oxygen atoms in total. The largest absolute Gasteiger partial charge is 0.323 e. The van der Waals surface area contributed by atoms with Gasteiger partial charge in [0.25, 0.3) is 0 Å². The number of nitrogens with one attached hydrogen (secondary N) is 1.